The van der Waals surface area contributed by atoms with E-state index in [4.69, 9.17) is 5.73 Å². The molecule has 0 amide bonds. The van der Waals surface area contributed by atoms with E-state index < -0.39 is 10.8 Å². The molecule has 0 spiro atoms. The molecular weight excluding hydrogens is 236 g/mol. The molecule has 1 heterocycles. The fraction of sp³-hybridized carbons (Fsp3) is 0.583. The molecule has 4 nitrogen and oxygen atoms in total. The maximum absolute atomic E-state index is 12.0. The van der Waals surface area contributed by atoms with Crippen molar-refractivity contribution in [2.24, 2.45) is 0 Å². The zero-order chi connectivity index (χ0) is 12.3. The number of nitrogen functional groups attached to an aromatic ring is 1. The van der Waals surface area contributed by atoms with E-state index in [0.29, 0.717) is 23.2 Å². The number of nitrogens with two attached hydrogens (primary N) is 1. The molecule has 1 atom stereocenters. The van der Waals surface area contributed by atoms with Gasteiger partial charge in [-0.1, -0.05) is 12.8 Å². The van der Waals surface area contributed by atoms with Crippen molar-refractivity contribution in [3.63, 3.8) is 0 Å². The molecule has 17 heavy (non-hydrogen) atoms. The first-order valence-corrected chi connectivity index (χ1v) is 7.38. The Morgan fingerprint density at radius 2 is 2.06 bits per heavy atom. The highest BCUT2D eigenvalue weighted by atomic mass is 32.2. The van der Waals surface area contributed by atoms with E-state index in [1.54, 1.807) is 16.8 Å². The SMILES string of the molecule is Nc1ccc(=O)n(CCS(=O)C2CCCC2)c1. The lowest BCUT2D eigenvalue weighted by molar-refractivity contribution is 0.656. The number of anilines is 1. The summed E-state index contributed by atoms with van der Waals surface area (Å²) < 4.78 is 13.5. The van der Waals surface area contributed by atoms with Crippen molar-refractivity contribution in [2.75, 3.05) is 11.5 Å². The molecule has 5 heteroatoms. The van der Waals surface area contributed by atoms with Gasteiger partial charge in [-0.3, -0.25) is 9.00 Å². The molecule has 0 saturated heterocycles. The van der Waals surface area contributed by atoms with E-state index in [9.17, 15) is 9.00 Å². The van der Waals surface area contributed by atoms with Gasteiger partial charge in [-0.15, -0.1) is 0 Å². The Balaban J connectivity index is 1.95. The van der Waals surface area contributed by atoms with Gasteiger partial charge in [0, 0.05) is 46.3 Å². The Morgan fingerprint density at radius 3 is 2.76 bits per heavy atom. The third-order valence-corrected chi connectivity index (χ3v) is 5.01. The first-order valence-electron chi connectivity index (χ1n) is 6.00. The second-order valence-electron chi connectivity index (χ2n) is 4.49. The zero-order valence-corrected chi connectivity index (χ0v) is 10.6. The molecule has 1 unspecified atom stereocenters. The normalized spacial score (nSPS) is 18.4. The zero-order valence-electron chi connectivity index (χ0n) is 9.80. The number of pyridine rings is 1. The molecule has 0 bridgehead atoms. The molecule has 0 radical (unpaired) electrons. The van der Waals surface area contributed by atoms with E-state index in [1.165, 1.54) is 18.9 Å². The molecule has 0 aromatic carbocycles. The van der Waals surface area contributed by atoms with Crippen molar-refractivity contribution in [3.05, 3.63) is 28.7 Å². The minimum Gasteiger partial charge on any atom is -0.398 e. The van der Waals surface area contributed by atoms with E-state index in [-0.39, 0.29) is 5.56 Å². The van der Waals surface area contributed by atoms with Gasteiger partial charge in [0.25, 0.3) is 5.56 Å². The summed E-state index contributed by atoms with van der Waals surface area (Å²) in [5.74, 6) is 0.550. The molecule has 1 aromatic heterocycles. The molecule has 1 fully saturated rings. The first-order chi connectivity index (χ1) is 8.16. The quantitative estimate of drug-likeness (QED) is 0.875. The average molecular weight is 254 g/mol. The molecule has 1 aromatic rings. The lowest BCUT2D eigenvalue weighted by Crippen LogP contribution is -2.24. The van der Waals surface area contributed by atoms with Crippen LogP contribution in [0.1, 0.15) is 25.7 Å². The molecule has 0 aliphatic heterocycles. The van der Waals surface area contributed by atoms with Gasteiger partial charge in [-0.05, 0) is 18.9 Å². The third-order valence-electron chi connectivity index (χ3n) is 3.21. The summed E-state index contributed by atoms with van der Waals surface area (Å²) >= 11 is 0. The number of aryl methyl sites for hydroxylation is 1. The van der Waals surface area contributed by atoms with Crippen molar-refractivity contribution in [1.29, 1.82) is 0 Å². The van der Waals surface area contributed by atoms with E-state index >= 15 is 0 Å². The van der Waals surface area contributed by atoms with E-state index in [2.05, 4.69) is 0 Å². The van der Waals surface area contributed by atoms with Gasteiger partial charge in [0.15, 0.2) is 0 Å². The summed E-state index contributed by atoms with van der Waals surface area (Å²) in [5, 5.41) is 0.340. The largest absolute Gasteiger partial charge is 0.398 e. The predicted octanol–water partition coefficient (Wildman–Crippen LogP) is 1.12. The summed E-state index contributed by atoms with van der Waals surface area (Å²) in [6.07, 6.45) is 6.13. The number of nitrogens with zero attached hydrogens (tertiary/aromatic N) is 1. The van der Waals surface area contributed by atoms with Gasteiger partial charge < -0.3 is 10.3 Å². The number of hydrogen-bond acceptors (Lipinski definition) is 3. The van der Waals surface area contributed by atoms with Crippen LogP contribution < -0.4 is 11.3 Å². The van der Waals surface area contributed by atoms with E-state index in [0.717, 1.165) is 12.8 Å². The van der Waals surface area contributed by atoms with Crippen molar-refractivity contribution in [3.8, 4) is 0 Å². The second kappa shape index (κ2) is 5.49. The van der Waals surface area contributed by atoms with Gasteiger partial charge in [-0.25, -0.2) is 0 Å². The van der Waals surface area contributed by atoms with Gasteiger partial charge in [0.2, 0.25) is 0 Å². The highest BCUT2D eigenvalue weighted by molar-refractivity contribution is 7.85. The Bertz CT molecular complexity index is 464. The van der Waals surface area contributed by atoms with Crippen LogP contribution in [-0.4, -0.2) is 19.8 Å². The molecule has 1 aliphatic carbocycles. The van der Waals surface area contributed by atoms with Gasteiger partial charge in [-0.2, -0.15) is 0 Å². The summed E-state index contributed by atoms with van der Waals surface area (Å²) in [6.45, 7) is 0.493. The van der Waals surface area contributed by atoms with Crippen LogP contribution in [0.4, 0.5) is 5.69 Å². The molecule has 1 aliphatic rings. The molecule has 94 valence electrons. The van der Waals surface area contributed by atoms with Crippen LogP contribution in [0.3, 0.4) is 0 Å². The monoisotopic (exact) mass is 254 g/mol. The number of hydrogen-bond donors (Lipinski definition) is 1. The summed E-state index contributed by atoms with van der Waals surface area (Å²) in [7, 11) is -0.811. The Labute approximate surface area is 103 Å². The first kappa shape index (κ1) is 12.4. The van der Waals surface area contributed by atoms with Gasteiger partial charge >= 0.3 is 0 Å². The number of aromatic nitrogens is 1. The summed E-state index contributed by atoms with van der Waals surface area (Å²) in [6, 6.07) is 3.04. The highest BCUT2D eigenvalue weighted by Crippen LogP contribution is 2.22. The molecule has 1 saturated carbocycles. The summed E-state index contributed by atoms with van der Waals surface area (Å²) in [5.41, 5.74) is 6.11. The Hall–Kier alpha value is -1.10. The third kappa shape index (κ3) is 3.19. The second-order valence-corrected chi connectivity index (χ2v) is 6.32. The minimum absolute atomic E-state index is 0.0809. The van der Waals surface area contributed by atoms with Crippen LogP contribution >= 0.6 is 0 Å². The van der Waals surface area contributed by atoms with Crippen molar-refractivity contribution >= 4 is 16.5 Å². The Morgan fingerprint density at radius 1 is 1.35 bits per heavy atom. The van der Waals surface area contributed by atoms with Crippen LogP contribution in [0.5, 0.6) is 0 Å². The minimum atomic E-state index is -0.811. The van der Waals surface area contributed by atoms with Crippen LogP contribution in [0.2, 0.25) is 0 Å². The standard InChI is InChI=1S/C12H18N2O2S/c13-10-5-6-12(15)14(9-10)7-8-17(16)11-3-1-2-4-11/h5-6,9,11H,1-4,7-8,13H2. The lowest BCUT2D eigenvalue weighted by Gasteiger charge is -2.10. The Kier molecular flexibility index (Phi) is 3.99. The van der Waals surface area contributed by atoms with Crippen LogP contribution in [0.15, 0.2) is 23.1 Å². The molecular formula is C12H18N2O2S. The van der Waals surface area contributed by atoms with Crippen LogP contribution in [0.25, 0.3) is 0 Å². The summed E-state index contributed by atoms with van der Waals surface area (Å²) in [4.78, 5) is 11.5. The fourth-order valence-corrected chi connectivity index (χ4v) is 3.80. The fourth-order valence-electron chi connectivity index (χ4n) is 2.23. The van der Waals surface area contributed by atoms with Gasteiger partial charge in [0.1, 0.15) is 0 Å². The smallest absolute Gasteiger partial charge is 0.250 e. The maximum Gasteiger partial charge on any atom is 0.250 e. The van der Waals surface area contributed by atoms with Crippen molar-refractivity contribution in [1.82, 2.24) is 4.57 Å². The van der Waals surface area contributed by atoms with Crippen molar-refractivity contribution in [2.45, 2.75) is 37.5 Å². The highest BCUT2D eigenvalue weighted by Gasteiger charge is 2.20. The van der Waals surface area contributed by atoms with Crippen LogP contribution in [0, 0.1) is 0 Å². The molecule has 2 N–H and O–H groups in total. The molecule has 2 rings (SSSR count). The van der Waals surface area contributed by atoms with Crippen molar-refractivity contribution < 1.29 is 4.21 Å². The van der Waals surface area contributed by atoms with Gasteiger partial charge in [0.05, 0.1) is 0 Å². The predicted molar refractivity (Wildman–Crippen MR) is 70.4 cm³/mol. The number of rotatable bonds is 4. The van der Waals surface area contributed by atoms with E-state index in [1.807, 2.05) is 0 Å². The lowest BCUT2D eigenvalue weighted by atomic mass is 10.4. The maximum atomic E-state index is 12.0. The topological polar surface area (TPSA) is 65.1 Å². The van der Waals surface area contributed by atoms with Crippen LogP contribution in [-0.2, 0) is 17.3 Å². The average Bonchev–Trinajstić information content (AvgIpc) is 2.83.